The van der Waals surface area contributed by atoms with E-state index in [1.807, 2.05) is 27.7 Å². The Morgan fingerprint density at radius 3 is 2.14 bits per heavy atom. The number of rotatable bonds is 2. The quantitative estimate of drug-likeness (QED) is 0.742. The summed E-state index contributed by atoms with van der Waals surface area (Å²) in [6, 6.07) is -0.240. The van der Waals surface area contributed by atoms with Gasteiger partial charge in [-0.3, -0.25) is 0 Å². The van der Waals surface area contributed by atoms with Crippen LogP contribution in [0, 0.1) is 5.41 Å². The van der Waals surface area contributed by atoms with E-state index in [0.29, 0.717) is 11.8 Å². The fraction of sp³-hybridized carbons (Fsp3) is 0.778. The fourth-order valence-corrected chi connectivity index (χ4v) is 1.02. The normalized spacial score (nSPS) is 16.7. The molecule has 14 heavy (non-hydrogen) atoms. The van der Waals surface area contributed by atoms with Crippen LogP contribution in [0.4, 0.5) is 0 Å². The largest absolute Gasteiger partial charge is 0.422 e. The second kappa shape index (κ2) is 3.90. The van der Waals surface area contributed by atoms with E-state index >= 15 is 0 Å². The van der Waals surface area contributed by atoms with Crippen LogP contribution in [-0.4, -0.2) is 10.2 Å². The molecule has 1 unspecified atom stereocenters. The Kier molecular flexibility index (Phi) is 3.21. The van der Waals surface area contributed by atoms with Gasteiger partial charge in [-0.2, -0.15) is 12.6 Å². The van der Waals surface area contributed by atoms with Gasteiger partial charge in [0.25, 0.3) is 0 Å². The van der Waals surface area contributed by atoms with Crippen molar-refractivity contribution < 1.29 is 4.42 Å². The highest BCUT2D eigenvalue weighted by Crippen LogP contribution is 2.30. The number of nitrogens with zero attached hydrogens (tertiary/aromatic N) is 2. The van der Waals surface area contributed by atoms with Crippen LogP contribution in [0.1, 0.15) is 50.8 Å². The van der Waals surface area contributed by atoms with Gasteiger partial charge in [-0.15, -0.1) is 10.2 Å². The third kappa shape index (κ3) is 2.48. The monoisotopic (exact) mass is 215 g/mol. The minimum absolute atomic E-state index is 0.0524. The van der Waals surface area contributed by atoms with Gasteiger partial charge in [-0.05, 0) is 12.3 Å². The predicted molar refractivity (Wildman–Crippen MR) is 58.1 cm³/mol. The van der Waals surface area contributed by atoms with E-state index < -0.39 is 0 Å². The Labute approximate surface area is 89.7 Å². The number of aromatic nitrogens is 2. The third-order valence-corrected chi connectivity index (χ3v) is 2.23. The van der Waals surface area contributed by atoms with E-state index in [0.717, 1.165) is 0 Å². The maximum absolute atomic E-state index is 5.96. The summed E-state index contributed by atoms with van der Waals surface area (Å²) in [4.78, 5) is 0. The number of nitrogens with two attached hydrogens (primary N) is 1. The summed E-state index contributed by atoms with van der Waals surface area (Å²) in [5, 5.41) is 7.74. The first kappa shape index (κ1) is 11.5. The van der Waals surface area contributed by atoms with Crippen molar-refractivity contribution in [3.8, 4) is 0 Å². The lowest BCUT2D eigenvalue weighted by molar-refractivity contribution is 0.272. The Hall–Kier alpha value is -0.550. The fourth-order valence-electron chi connectivity index (χ4n) is 0.911. The molecular formula is C9H17N3OS. The Bertz CT molecular complexity index is 303. The number of thiol groups is 1. The highest BCUT2D eigenvalue weighted by atomic mass is 32.1. The first-order valence-electron chi connectivity index (χ1n) is 4.59. The van der Waals surface area contributed by atoms with E-state index in [4.69, 9.17) is 10.2 Å². The molecule has 0 aliphatic rings. The lowest BCUT2D eigenvalue weighted by Gasteiger charge is -2.23. The van der Waals surface area contributed by atoms with Crippen molar-refractivity contribution >= 4 is 12.6 Å². The summed E-state index contributed by atoms with van der Waals surface area (Å²) in [5.74, 6) is 0.997. The minimum Gasteiger partial charge on any atom is -0.422 e. The SMILES string of the molecule is CC(S)c1nnc([C@H](N)C(C)(C)C)o1. The molecule has 1 rings (SSSR count). The standard InChI is InChI=1S/C9H17N3OS/c1-5(14)7-11-12-8(13-7)6(10)9(2,3)4/h5-6,14H,10H2,1-4H3/t5?,6-/m0/s1. The van der Waals surface area contributed by atoms with Crippen LogP contribution in [0.25, 0.3) is 0 Å². The average Bonchev–Trinajstić information content (AvgIpc) is 2.48. The first-order valence-corrected chi connectivity index (χ1v) is 5.11. The highest BCUT2D eigenvalue weighted by Gasteiger charge is 2.27. The summed E-state index contributed by atoms with van der Waals surface area (Å²) in [5.41, 5.74) is 5.88. The van der Waals surface area contributed by atoms with Crippen molar-refractivity contribution in [2.75, 3.05) is 0 Å². The molecule has 0 aliphatic heterocycles. The van der Waals surface area contributed by atoms with E-state index in [1.54, 1.807) is 0 Å². The summed E-state index contributed by atoms with van der Waals surface area (Å²) in [7, 11) is 0. The van der Waals surface area contributed by atoms with Crippen molar-refractivity contribution in [2.24, 2.45) is 11.1 Å². The summed E-state index contributed by atoms with van der Waals surface area (Å²) in [6.45, 7) is 7.98. The zero-order valence-corrected chi connectivity index (χ0v) is 9.88. The van der Waals surface area contributed by atoms with Crippen molar-refractivity contribution in [1.82, 2.24) is 10.2 Å². The highest BCUT2D eigenvalue weighted by molar-refractivity contribution is 7.80. The van der Waals surface area contributed by atoms with Gasteiger partial charge in [0, 0.05) is 0 Å². The molecule has 1 aromatic heterocycles. The molecule has 0 spiro atoms. The van der Waals surface area contributed by atoms with Crippen LogP contribution in [0.15, 0.2) is 4.42 Å². The maximum Gasteiger partial charge on any atom is 0.233 e. The van der Waals surface area contributed by atoms with Gasteiger partial charge in [0.05, 0.1) is 11.3 Å². The Morgan fingerprint density at radius 2 is 1.79 bits per heavy atom. The number of hydrogen-bond donors (Lipinski definition) is 2. The van der Waals surface area contributed by atoms with E-state index in [9.17, 15) is 0 Å². The van der Waals surface area contributed by atoms with E-state index in [-0.39, 0.29) is 16.7 Å². The molecule has 0 saturated carbocycles. The molecule has 0 amide bonds. The Morgan fingerprint density at radius 1 is 1.29 bits per heavy atom. The average molecular weight is 215 g/mol. The molecule has 0 bridgehead atoms. The van der Waals surface area contributed by atoms with E-state index in [1.165, 1.54) is 0 Å². The van der Waals surface area contributed by atoms with Gasteiger partial charge in [-0.25, -0.2) is 0 Å². The molecule has 0 aliphatic carbocycles. The third-order valence-electron chi connectivity index (χ3n) is 2.01. The maximum atomic E-state index is 5.96. The zero-order valence-electron chi connectivity index (χ0n) is 8.98. The second-order valence-corrected chi connectivity index (χ2v) is 5.27. The van der Waals surface area contributed by atoms with Crippen LogP contribution < -0.4 is 5.73 Å². The van der Waals surface area contributed by atoms with Gasteiger partial charge >= 0.3 is 0 Å². The zero-order chi connectivity index (χ0) is 10.9. The molecule has 80 valence electrons. The van der Waals surface area contributed by atoms with Crippen molar-refractivity contribution in [1.29, 1.82) is 0 Å². The van der Waals surface area contributed by atoms with Gasteiger partial charge < -0.3 is 10.2 Å². The molecule has 2 atom stereocenters. The van der Waals surface area contributed by atoms with Gasteiger partial charge in [0.1, 0.15) is 0 Å². The summed E-state index contributed by atoms with van der Waals surface area (Å²) in [6.07, 6.45) is 0. The van der Waals surface area contributed by atoms with Crippen molar-refractivity contribution in [3.05, 3.63) is 11.8 Å². The molecule has 0 radical (unpaired) electrons. The molecule has 0 saturated heterocycles. The molecule has 1 aromatic rings. The van der Waals surface area contributed by atoms with Crippen LogP contribution in [0.3, 0.4) is 0 Å². The predicted octanol–water partition coefficient (Wildman–Crippen LogP) is 2.11. The van der Waals surface area contributed by atoms with Gasteiger partial charge in [-0.1, -0.05) is 20.8 Å². The summed E-state index contributed by atoms with van der Waals surface area (Å²) >= 11 is 4.20. The minimum atomic E-state index is -0.240. The topological polar surface area (TPSA) is 64.9 Å². The lowest BCUT2D eigenvalue weighted by Crippen LogP contribution is -2.26. The molecule has 4 nitrogen and oxygen atoms in total. The van der Waals surface area contributed by atoms with E-state index in [2.05, 4.69) is 22.8 Å². The van der Waals surface area contributed by atoms with Crippen LogP contribution >= 0.6 is 12.6 Å². The molecule has 1 heterocycles. The smallest absolute Gasteiger partial charge is 0.233 e. The molecule has 5 heteroatoms. The first-order chi connectivity index (χ1) is 6.32. The molecule has 0 aromatic carbocycles. The van der Waals surface area contributed by atoms with Crippen LogP contribution in [-0.2, 0) is 0 Å². The van der Waals surface area contributed by atoms with Gasteiger partial charge in [0.2, 0.25) is 11.8 Å². The second-order valence-electron chi connectivity index (χ2n) is 4.50. The van der Waals surface area contributed by atoms with Gasteiger partial charge in [0.15, 0.2) is 0 Å². The molecular weight excluding hydrogens is 198 g/mol. The van der Waals surface area contributed by atoms with Crippen LogP contribution in [0.5, 0.6) is 0 Å². The van der Waals surface area contributed by atoms with Crippen molar-refractivity contribution in [3.63, 3.8) is 0 Å². The van der Waals surface area contributed by atoms with Crippen LogP contribution in [0.2, 0.25) is 0 Å². The van der Waals surface area contributed by atoms with Crippen molar-refractivity contribution in [2.45, 2.75) is 39.0 Å². The summed E-state index contributed by atoms with van der Waals surface area (Å²) < 4.78 is 5.41. The molecule has 0 fully saturated rings. The lowest BCUT2D eigenvalue weighted by atomic mass is 9.87. The Balaban J connectivity index is 2.87. The number of hydrogen-bond acceptors (Lipinski definition) is 5. The molecule has 2 N–H and O–H groups in total.